The number of imidazole rings is 1. The Morgan fingerprint density at radius 3 is 2.81 bits per heavy atom. The summed E-state index contributed by atoms with van der Waals surface area (Å²) in [5, 5.41) is 4.22. The normalized spacial score (nSPS) is 10.7. The molecule has 0 saturated carbocycles. The molecule has 0 unspecified atom stereocenters. The number of hydrogen-bond acceptors (Lipinski definition) is 3. The monoisotopic (exact) mass is 389 g/mol. The van der Waals surface area contributed by atoms with Gasteiger partial charge in [0.1, 0.15) is 5.82 Å². The van der Waals surface area contributed by atoms with E-state index in [9.17, 15) is 9.18 Å². The number of carbonyl (C=O) groups excluding carboxylic acids is 1. The number of benzene rings is 2. The number of halogens is 2. The highest BCUT2D eigenvalue weighted by Crippen LogP contribution is 2.21. The Balaban J connectivity index is 1.44. The third-order valence-corrected chi connectivity index (χ3v) is 4.80. The average molecular weight is 390 g/mol. The van der Waals surface area contributed by atoms with E-state index in [0.717, 1.165) is 23.2 Å². The van der Waals surface area contributed by atoms with E-state index in [1.54, 1.807) is 18.3 Å². The predicted octanol–water partition coefficient (Wildman–Crippen LogP) is 4.32. The minimum Gasteiger partial charge on any atom is -0.355 e. The molecular formula is C19H17ClFN3OS. The second-order valence-electron chi connectivity index (χ2n) is 5.63. The first-order chi connectivity index (χ1) is 12.6. The van der Waals surface area contributed by atoms with Gasteiger partial charge in [-0.2, -0.15) is 0 Å². The fourth-order valence-corrected chi connectivity index (χ4v) is 3.27. The summed E-state index contributed by atoms with van der Waals surface area (Å²) in [7, 11) is 0. The van der Waals surface area contributed by atoms with Crippen LogP contribution in [0.25, 0.3) is 11.3 Å². The van der Waals surface area contributed by atoms with E-state index in [-0.39, 0.29) is 17.5 Å². The Bertz CT molecular complexity index is 883. The van der Waals surface area contributed by atoms with Crippen LogP contribution in [-0.4, -0.2) is 28.2 Å². The average Bonchev–Trinajstić information content (AvgIpc) is 3.10. The number of hydrogen-bond donors (Lipinski definition) is 2. The highest BCUT2D eigenvalue weighted by atomic mass is 35.5. The van der Waals surface area contributed by atoms with Gasteiger partial charge in [-0.1, -0.05) is 35.5 Å². The molecule has 0 aliphatic rings. The number of aromatic amines is 1. The minimum atomic E-state index is -0.280. The van der Waals surface area contributed by atoms with Crippen LogP contribution < -0.4 is 5.32 Å². The maximum atomic E-state index is 13.0. The maximum absolute atomic E-state index is 13.0. The largest absolute Gasteiger partial charge is 0.355 e. The number of H-pyrrole nitrogens is 1. The molecule has 3 aromatic rings. The molecule has 7 heteroatoms. The summed E-state index contributed by atoms with van der Waals surface area (Å²) in [4.78, 5) is 19.3. The molecule has 0 spiro atoms. The van der Waals surface area contributed by atoms with Crippen molar-refractivity contribution in [2.24, 2.45) is 0 Å². The van der Waals surface area contributed by atoms with Crippen molar-refractivity contribution in [3.63, 3.8) is 0 Å². The van der Waals surface area contributed by atoms with E-state index in [4.69, 9.17) is 11.6 Å². The minimum absolute atomic E-state index is 0.0586. The van der Waals surface area contributed by atoms with Crippen molar-refractivity contribution >= 4 is 29.3 Å². The van der Waals surface area contributed by atoms with Gasteiger partial charge in [-0.05, 0) is 53.9 Å². The van der Waals surface area contributed by atoms with Crippen molar-refractivity contribution in [3.8, 4) is 11.3 Å². The van der Waals surface area contributed by atoms with E-state index in [1.165, 1.54) is 23.9 Å². The van der Waals surface area contributed by atoms with E-state index in [1.807, 2.05) is 24.3 Å². The van der Waals surface area contributed by atoms with Crippen molar-refractivity contribution < 1.29 is 9.18 Å². The molecular weight excluding hydrogens is 373 g/mol. The molecule has 4 nitrogen and oxygen atoms in total. The van der Waals surface area contributed by atoms with E-state index in [2.05, 4.69) is 15.3 Å². The van der Waals surface area contributed by atoms with Crippen molar-refractivity contribution in [2.45, 2.75) is 11.6 Å². The molecule has 0 bridgehead atoms. The van der Waals surface area contributed by atoms with Gasteiger partial charge in [0.05, 0.1) is 17.6 Å². The lowest BCUT2D eigenvalue weighted by Crippen LogP contribution is -2.27. The highest BCUT2D eigenvalue weighted by Gasteiger charge is 2.07. The fraction of sp³-hybridized carbons (Fsp3) is 0.158. The second kappa shape index (κ2) is 8.87. The number of carbonyl (C=O) groups is 1. The second-order valence-corrected chi connectivity index (χ2v) is 7.03. The molecule has 0 aliphatic heterocycles. The Morgan fingerprint density at radius 1 is 1.23 bits per heavy atom. The van der Waals surface area contributed by atoms with Gasteiger partial charge >= 0.3 is 0 Å². The lowest BCUT2D eigenvalue weighted by molar-refractivity contribution is -0.118. The van der Waals surface area contributed by atoms with Crippen LogP contribution in [0.4, 0.5) is 4.39 Å². The van der Waals surface area contributed by atoms with Gasteiger partial charge in [0.15, 0.2) is 5.16 Å². The topological polar surface area (TPSA) is 57.8 Å². The predicted molar refractivity (Wildman–Crippen MR) is 103 cm³/mol. The number of nitrogens with one attached hydrogen (secondary N) is 2. The van der Waals surface area contributed by atoms with Gasteiger partial charge < -0.3 is 10.3 Å². The van der Waals surface area contributed by atoms with Crippen LogP contribution in [-0.2, 0) is 11.2 Å². The van der Waals surface area contributed by atoms with Crippen LogP contribution in [0.1, 0.15) is 5.56 Å². The van der Waals surface area contributed by atoms with E-state index >= 15 is 0 Å². The van der Waals surface area contributed by atoms with Crippen molar-refractivity contribution in [2.75, 3.05) is 12.3 Å². The maximum Gasteiger partial charge on any atom is 0.230 e. The summed E-state index contributed by atoms with van der Waals surface area (Å²) in [6, 6.07) is 13.7. The van der Waals surface area contributed by atoms with Gasteiger partial charge in [-0.15, -0.1) is 0 Å². The summed E-state index contributed by atoms with van der Waals surface area (Å²) < 4.78 is 13.0. The molecule has 1 amide bonds. The number of aromatic nitrogens is 2. The van der Waals surface area contributed by atoms with Crippen LogP contribution in [0.15, 0.2) is 59.9 Å². The first-order valence-corrected chi connectivity index (χ1v) is 9.41. The smallest absolute Gasteiger partial charge is 0.230 e. The molecule has 2 N–H and O–H groups in total. The summed E-state index contributed by atoms with van der Waals surface area (Å²) >= 11 is 7.26. The molecule has 0 atom stereocenters. The Kier molecular flexibility index (Phi) is 6.30. The van der Waals surface area contributed by atoms with Gasteiger partial charge in [0, 0.05) is 11.6 Å². The van der Waals surface area contributed by atoms with Crippen LogP contribution in [0.5, 0.6) is 0 Å². The highest BCUT2D eigenvalue weighted by molar-refractivity contribution is 7.99. The molecule has 1 aromatic heterocycles. The number of rotatable bonds is 7. The quantitative estimate of drug-likeness (QED) is 0.591. The van der Waals surface area contributed by atoms with Crippen molar-refractivity contribution in [3.05, 3.63) is 71.1 Å². The molecule has 26 heavy (non-hydrogen) atoms. The number of nitrogens with zero attached hydrogens (tertiary/aromatic N) is 1. The molecule has 2 aromatic carbocycles. The Labute approximate surface area is 160 Å². The van der Waals surface area contributed by atoms with Gasteiger partial charge in [0.2, 0.25) is 5.91 Å². The van der Waals surface area contributed by atoms with Crippen molar-refractivity contribution in [1.82, 2.24) is 15.3 Å². The fourth-order valence-electron chi connectivity index (χ4n) is 2.38. The molecule has 0 fully saturated rings. The van der Waals surface area contributed by atoms with E-state index < -0.39 is 0 Å². The summed E-state index contributed by atoms with van der Waals surface area (Å²) in [5.41, 5.74) is 2.71. The Morgan fingerprint density at radius 2 is 2.04 bits per heavy atom. The zero-order chi connectivity index (χ0) is 18.4. The van der Waals surface area contributed by atoms with Crippen LogP contribution in [0.3, 0.4) is 0 Å². The first kappa shape index (κ1) is 18.5. The van der Waals surface area contributed by atoms with E-state index in [0.29, 0.717) is 16.7 Å². The summed E-state index contributed by atoms with van der Waals surface area (Å²) in [5.74, 6) is -0.0691. The van der Waals surface area contributed by atoms with Crippen molar-refractivity contribution in [1.29, 1.82) is 0 Å². The third kappa shape index (κ3) is 5.34. The van der Waals surface area contributed by atoms with Crippen LogP contribution in [0, 0.1) is 5.82 Å². The number of amides is 1. The lowest BCUT2D eigenvalue weighted by Gasteiger charge is -2.05. The summed E-state index contributed by atoms with van der Waals surface area (Å²) in [6.45, 7) is 0.554. The summed E-state index contributed by atoms with van der Waals surface area (Å²) in [6.07, 6.45) is 2.40. The zero-order valence-corrected chi connectivity index (χ0v) is 15.4. The molecule has 134 valence electrons. The molecule has 1 heterocycles. The molecule has 3 rings (SSSR count). The standard InChI is InChI=1S/C19H17ClFN3OS/c20-15-3-1-2-13(10-15)8-9-22-18(25)12-26-19-23-11-17(24-19)14-4-6-16(21)7-5-14/h1-7,10-11H,8-9,12H2,(H,22,25)(H,23,24). The van der Waals surface area contributed by atoms with Gasteiger partial charge in [0.25, 0.3) is 0 Å². The Hall–Kier alpha value is -2.31. The zero-order valence-electron chi connectivity index (χ0n) is 13.8. The van der Waals surface area contributed by atoms with Gasteiger partial charge in [-0.25, -0.2) is 9.37 Å². The van der Waals surface area contributed by atoms with Crippen LogP contribution >= 0.6 is 23.4 Å². The molecule has 0 aliphatic carbocycles. The lowest BCUT2D eigenvalue weighted by atomic mass is 10.1. The SMILES string of the molecule is O=C(CSc1ncc(-c2ccc(F)cc2)[nH]1)NCCc1cccc(Cl)c1. The third-order valence-electron chi connectivity index (χ3n) is 3.67. The first-order valence-electron chi connectivity index (χ1n) is 8.05. The van der Waals surface area contributed by atoms with Gasteiger partial charge in [-0.3, -0.25) is 4.79 Å². The number of thioether (sulfide) groups is 1. The molecule has 0 radical (unpaired) electrons. The molecule has 0 saturated heterocycles. The van der Waals surface area contributed by atoms with Crippen LogP contribution in [0.2, 0.25) is 5.02 Å².